The Bertz CT molecular complexity index is 1060. The van der Waals surface area contributed by atoms with Gasteiger partial charge in [-0.3, -0.25) is 14.6 Å². The molecular formula is C23H23N3O5. The number of benzene rings is 1. The molecule has 31 heavy (non-hydrogen) atoms. The normalized spacial score (nSPS) is 28.0. The summed E-state index contributed by atoms with van der Waals surface area (Å²) in [6.45, 7) is 0.863. The second-order valence-electron chi connectivity index (χ2n) is 8.01. The Morgan fingerprint density at radius 1 is 1.32 bits per heavy atom. The van der Waals surface area contributed by atoms with Crippen LogP contribution in [0.2, 0.25) is 0 Å². The number of nitrogens with one attached hydrogen (secondary N) is 1. The molecule has 8 nitrogen and oxygen atoms in total. The monoisotopic (exact) mass is 421 g/mol. The molecule has 8 heteroatoms. The molecule has 3 aliphatic rings. The lowest BCUT2D eigenvalue weighted by atomic mass is 9.76. The lowest BCUT2D eigenvalue weighted by Crippen LogP contribution is -2.41. The highest BCUT2D eigenvalue weighted by atomic mass is 16.5. The third kappa shape index (κ3) is 3.14. The number of rotatable bonds is 6. The van der Waals surface area contributed by atoms with Gasteiger partial charge in [-0.1, -0.05) is 18.2 Å². The van der Waals surface area contributed by atoms with Crippen LogP contribution in [-0.4, -0.2) is 54.2 Å². The highest BCUT2D eigenvalue weighted by Crippen LogP contribution is 2.52. The lowest BCUT2D eigenvalue weighted by Gasteiger charge is -2.24. The summed E-state index contributed by atoms with van der Waals surface area (Å²) in [5, 5.41) is 2.92. The van der Waals surface area contributed by atoms with Crippen molar-refractivity contribution in [2.24, 2.45) is 11.8 Å². The molecule has 5 rings (SSSR count). The Kier molecular flexibility index (Phi) is 4.66. The van der Waals surface area contributed by atoms with Crippen LogP contribution >= 0.6 is 0 Å². The molecule has 1 aromatic carbocycles. The number of carbonyl (C=O) groups is 2. The molecule has 2 bridgehead atoms. The zero-order chi connectivity index (χ0) is 21.6. The number of methoxy groups -OCH3 is 2. The molecule has 3 aliphatic heterocycles. The van der Waals surface area contributed by atoms with Crippen LogP contribution in [0.1, 0.15) is 5.56 Å². The Balaban J connectivity index is 1.38. The maximum absolute atomic E-state index is 13.3. The molecule has 0 radical (unpaired) electrons. The summed E-state index contributed by atoms with van der Waals surface area (Å²) in [6, 6.07) is 8.94. The maximum atomic E-state index is 13.3. The van der Waals surface area contributed by atoms with Crippen molar-refractivity contribution < 1.29 is 23.8 Å². The van der Waals surface area contributed by atoms with Crippen molar-refractivity contribution in [3.05, 3.63) is 60.4 Å². The minimum atomic E-state index is -0.754. The fraction of sp³-hybridized carbons (Fsp3) is 0.348. The van der Waals surface area contributed by atoms with Gasteiger partial charge in [-0.05, 0) is 23.8 Å². The van der Waals surface area contributed by atoms with Crippen molar-refractivity contribution in [1.82, 2.24) is 9.88 Å². The van der Waals surface area contributed by atoms with Crippen LogP contribution < -0.4 is 14.8 Å². The molecule has 0 aliphatic carbocycles. The Morgan fingerprint density at radius 3 is 2.94 bits per heavy atom. The first-order valence-electron chi connectivity index (χ1n) is 10.1. The molecule has 1 N–H and O–H groups in total. The number of likely N-dealkylation sites (tertiary alicyclic amines) is 1. The van der Waals surface area contributed by atoms with E-state index in [9.17, 15) is 9.59 Å². The van der Waals surface area contributed by atoms with E-state index < -0.39 is 23.5 Å². The summed E-state index contributed by atoms with van der Waals surface area (Å²) in [6.07, 6.45) is 6.87. The predicted molar refractivity (Wildman–Crippen MR) is 112 cm³/mol. The number of anilines is 1. The van der Waals surface area contributed by atoms with Crippen LogP contribution in [0, 0.1) is 11.8 Å². The molecular weight excluding hydrogens is 398 g/mol. The largest absolute Gasteiger partial charge is 0.497 e. The van der Waals surface area contributed by atoms with Gasteiger partial charge in [0.15, 0.2) is 0 Å². The van der Waals surface area contributed by atoms with Crippen molar-refractivity contribution in [3.63, 3.8) is 0 Å². The van der Waals surface area contributed by atoms with Crippen LogP contribution in [0.15, 0.2) is 54.9 Å². The lowest BCUT2D eigenvalue weighted by molar-refractivity contribution is -0.136. The summed E-state index contributed by atoms with van der Waals surface area (Å²) < 4.78 is 16.8. The molecule has 2 unspecified atom stereocenters. The van der Waals surface area contributed by atoms with Crippen LogP contribution in [-0.2, 0) is 20.9 Å². The number of nitrogens with zero attached hydrogens (tertiary/aromatic N) is 2. The number of amides is 2. The minimum absolute atomic E-state index is 0.0717. The summed E-state index contributed by atoms with van der Waals surface area (Å²) >= 11 is 0. The Morgan fingerprint density at radius 2 is 2.19 bits per heavy atom. The average molecular weight is 421 g/mol. The van der Waals surface area contributed by atoms with Gasteiger partial charge >= 0.3 is 0 Å². The van der Waals surface area contributed by atoms with E-state index in [1.54, 1.807) is 42.6 Å². The van der Waals surface area contributed by atoms with E-state index in [4.69, 9.17) is 14.2 Å². The number of carbonyl (C=O) groups excluding carboxylic acids is 2. The van der Waals surface area contributed by atoms with Gasteiger partial charge < -0.3 is 24.4 Å². The fourth-order valence-corrected chi connectivity index (χ4v) is 4.84. The quantitative estimate of drug-likeness (QED) is 0.718. The number of ether oxygens (including phenoxy) is 3. The summed E-state index contributed by atoms with van der Waals surface area (Å²) in [4.78, 5) is 32.5. The van der Waals surface area contributed by atoms with E-state index >= 15 is 0 Å². The minimum Gasteiger partial charge on any atom is -0.497 e. The van der Waals surface area contributed by atoms with Crippen LogP contribution in [0.4, 0.5) is 5.69 Å². The highest BCUT2D eigenvalue weighted by Gasteiger charge is 2.66. The Labute approximate surface area is 179 Å². The molecule has 2 fully saturated rings. The molecule has 1 aromatic heterocycles. The van der Waals surface area contributed by atoms with Crippen molar-refractivity contribution in [2.75, 3.05) is 26.1 Å². The first-order chi connectivity index (χ1) is 15.0. The second-order valence-corrected chi connectivity index (χ2v) is 8.01. The maximum Gasteiger partial charge on any atom is 0.231 e. The molecule has 160 valence electrons. The predicted octanol–water partition coefficient (Wildman–Crippen LogP) is 2.02. The van der Waals surface area contributed by atoms with Crippen LogP contribution in [0.5, 0.6) is 11.5 Å². The van der Waals surface area contributed by atoms with E-state index in [1.165, 1.54) is 7.11 Å². The SMILES string of the molecule is COc1ccc(NC(=O)C2[C@H]3C=CC4(CN(Cc5cccnc5)C(=O)[C@@H]24)O3)c(OC)c1. The van der Waals surface area contributed by atoms with Gasteiger partial charge in [0.1, 0.15) is 17.1 Å². The van der Waals surface area contributed by atoms with E-state index in [-0.39, 0.29) is 11.8 Å². The number of hydrogen-bond acceptors (Lipinski definition) is 6. The third-order valence-corrected chi connectivity index (χ3v) is 6.24. The first kappa shape index (κ1) is 19.6. The topological polar surface area (TPSA) is 90.0 Å². The van der Waals surface area contributed by atoms with Gasteiger partial charge in [0.2, 0.25) is 11.8 Å². The van der Waals surface area contributed by atoms with Crippen molar-refractivity contribution >= 4 is 17.5 Å². The first-order valence-corrected chi connectivity index (χ1v) is 10.1. The second kappa shape index (κ2) is 7.39. The van der Waals surface area contributed by atoms with E-state index in [2.05, 4.69) is 10.3 Å². The number of pyridine rings is 1. The van der Waals surface area contributed by atoms with Crippen molar-refractivity contribution in [2.45, 2.75) is 18.2 Å². The molecule has 2 saturated heterocycles. The van der Waals surface area contributed by atoms with Crippen molar-refractivity contribution in [1.29, 1.82) is 0 Å². The van der Waals surface area contributed by atoms with Gasteiger partial charge in [-0.25, -0.2) is 0 Å². The van der Waals surface area contributed by atoms with Gasteiger partial charge in [-0.15, -0.1) is 0 Å². The van der Waals surface area contributed by atoms with E-state index in [0.717, 1.165) is 5.56 Å². The number of fused-ring (bicyclic) bond motifs is 1. The van der Waals surface area contributed by atoms with Crippen LogP contribution in [0.25, 0.3) is 0 Å². The third-order valence-electron chi connectivity index (χ3n) is 6.24. The van der Waals surface area contributed by atoms with Gasteiger partial charge in [0, 0.05) is 25.0 Å². The average Bonchev–Trinajstić information content (AvgIpc) is 3.43. The smallest absolute Gasteiger partial charge is 0.231 e. The zero-order valence-electron chi connectivity index (χ0n) is 17.3. The van der Waals surface area contributed by atoms with E-state index in [1.807, 2.05) is 24.3 Å². The Hall–Kier alpha value is -3.39. The van der Waals surface area contributed by atoms with Crippen LogP contribution in [0.3, 0.4) is 0 Å². The highest BCUT2D eigenvalue weighted by molar-refractivity contribution is 6.00. The summed E-state index contributed by atoms with van der Waals surface area (Å²) in [7, 11) is 3.09. The summed E-state index contributed by atoms with van der Waals surface area (Å²) in [5.41, 5.74) is 0.706. The molecule has 2 amide bonds. The standard InChI is InChI=1S/C23H23N3O5/c1-29-15-5-6-16(18(10-15)30-2)25-21(27)19-17-7-8-23(31-17)13-26(22(28)20(19)23)12-14-4-3-9-24-11-14/h3-11,17,19-20H,12-13H2,1-2H3,(H,25,27)/t17-,19?,20-,23?/m1/s1. The van der Waals surface area contributed by atoms with Gasteiger partial charge in [-0.2, -0.15) is 0 Å². The van der Waals surface area contributed by atoms with E-state index in [0.29, 0.717) is 30.3 Å². The molecule has 4 heterocycles. The number of hydrogen-bond donors (Lipinski definition) is 1. The van der Waals surface area contributed by atoms with Gasteiger partial charge in [0.05, 0.1) is 44.4 Å². The van der Waals surface area contributed by atoms with Crippen molar-refractivity contribution in [3.8, 4) is 11.5 Å². The molecule has 2 aromatic rings. The number of aromatic nitrogens is 1. The molecule has 4 atom stereocenters. The molecule has 1 spiro atoms. The fourth-order valence-electron chi connectivity index (χ4n) is 4.84. The summed E-state index contributed by atoms with van der Waals surface area (Å²) in [5.74, 6) is -0.388. The molecule has 0 saturated carbocycles. The van der Waals surface area contributed by atoms with Gasteiger partial charge in [0.25, 0.3) is 0 Å². The zero-order valence-corrected chi connectivity index (χ0v) is 17.3.